The van der Waals surface area contributed by atoms with Crippen molar-refractivity contribution in [3.05, 3.63) is 34.1 Å². The van der Waals surface area contributed by atoms with Gasteiger partial charge in [0.1, 0.15) is 5.82 Å². The second-order valence-electron chi connectivity index (χ2n) is 3.50. The van der Waals surface area contributed by atoms with Crippen molar-refractivity contribution in [3.8, 4) is 0 Å². The number of hydrogen-bond acceptors (Lipinski definition) is 1. The number of benzene rings is 1. The molecule has 0 aromatic heterocycles. The standard InChI is InChI=1S/C12H14BrFO/c1-2-3-4-5-12(15)10-7-6-9(14)8-11(10)13/h6-8H,2-5H2,1H3. The zero-order chi connectivity index (χ0) is 11.3. The minimum atomic E-state index is -0.327. The molecule has 0 heterocycles. The molecule has 0 aliphatic rings. The summed E-state index contributed by atoms with van der Waals surface area (Å²) in [5.41, 5.74) is 0.576. The highest BCUT2D eigenvalue weighted by Gasteiger charge is 2.09. The lowest BCUT2D eigenvalue weighted by molar-refractivity contribution is 0.0978. The molecule has 0 bridgehead atoms. The molecule has 0 aliphatic heterocycles. The molecule has 0 saturated carbocycles. The van der Waals surface area contributed by atoms with Gasteiger partial charge in [-0.15, -0.1) is 0 Å². The number of carbonyl (C=O) groups excluding carboxylic acids is 1. The number of rotatable bonds is 5. The van der Waals surface area contributed by atoms with E-state index in [1.54, 1.807) is 0 Å². The molecule has 1 aromatic carbocycles. The summed E-state index contributed by atoms with van der Waals surface area (Å²) >= 11 is 3.20. The first kappa shape index (κ1) is 12.4. The van der Waals surface area contributed by atoms with Gasteiger partial charge in [0.2, 0.25) is 0 Å². The highest BCUT2D eigenvalue weighted by Crippen LogP contribution is 2.20. The van der Waals surface area contributed by atoms with Crippen LogP contribution in [-0.2, 0) is 0 Å². The monoisotopic (exact) mass is 272 g/mol. The van der Waals surface area contributed by atoms with Gasteiger partial charge in [0.25, 0.3) is 0 Å². The van der Waals surface area contributed by atoms with Gasteiger partial charge in [-0.05, 0) is 40.5 Å². The van der Waals surface area contributed by atoms with E-state index in [0.29, 0.717) is 16.5 Å². The van der Waals surface area contributed by atoms with Gasteiger partial charge in [-0.1, -0.05) is 19.8 Å². The number of ketones is 1. The highest BCUT2D eigenvalue weighted by molar-refractivity contribution is 9.10. The Balaban J connectivity index is 2.65. The summed E-state index contributed by atoms with van der Waals surface area (Å²) in [5, 5.41) is 0. The van der Waals surface area contributed by atoms with E-state index in [0.717, 1.165) is 19.3 Å². The first-order chi connectivity index (χ1) is 7.15. The second-order valence-corrected chi connectivity index (χ2v) is 4.36. The van der Waals surface area contributed by atoms with Crippen molar-refractivity contribution in [3.63, 3.8) is 0 Å². The molecule has 0 aliphatic carbocycles. The lowest BCUT2D eigenvalue weighted by atomic mass is 10.1. The molecule has 0 atom stereocenters. The number of unbranched alkanes of at least 4 members (excludes halogenated alkanes) is 2. The van der Waals surface area contributed by atoms with Crippen LogP contribution >= 0.6 is 15.9 Å². The van der Waals surface area contributed by atoms with Crippen molar-refractivity contribution in [1.82, 2.24) is 0 Å². The van der Waals surface area contributed by atoms with E-state index in [2.05, 4.69) is 22.9 Å². The van der Waals surface area contributed by atoms with Gasteiger partial charge in [-0.2, -0.15) is 0 Å². The van der Waals surface area contributed by atoms with E-state index in [4.69, 9.17) is 0 Å². The minimum absolute atomic E-state index is 0.0790. The van der Waals surface area contributed by atoms with Gasteiger partial charge in [0.15, 0.2) is 5.78 Å². The van der Waals surface area contributed by atoms with Gasteiger partial charge in [0, 0.05) is 16.5 Å². The molecule has 0 saturated heterocycles. The fourth-order valence-corrected chi connectivity index (χ4v) is 1.96. The van der Waals surface area contributed by atoms with Crippen LogP contribution in [0.2, 0.25) is 0 Å². The predicted molar refractivity (Wildman–Crippen MR) is 62.6 cm³/mol. The van der Waals surface area contributed by atoms with Crippen molar-refractivity contribution >= 4 is 21.7 Å². The minimum Gasteiger partial charge on any atom is -0.294 e. The Kier molecular flexibility index (Phi) is 4.95. The summed E-state index contributed by atoms with van der Waals surface area (Å²) in [6.07, 6.45) is 3.60. The maximum Gasteiger partial charge on any atom is 0.164 e. The van der Waals surface area contributed by atoms with E-state index in [-0.39, 0.29) is 11.6 Å². The molecular formula is C12H14BrFO. The van der Waals surface area contributed by atoms with E-state index < -0.39 is 0 Å². The number of carbonyl (C=O) groups is 1. The molecule has 0 spiro atoms. The summed E-state index contributed by atoms with van der Waals surface area (Å²) in [4.78, 5) is 11.7. The van der Waals surface area contributed by atoms with Crippen LogP contribution in [0.4, 0.5) is 4.39 Å². The molecule has 0 radical (unpaired) electrons. The van der Waals surface area contributed by atoms with E-state index >= 15 is 0 Å². The predicted octanol–water partition coefficient (Wildman–Crippen LogP) is 4.35. The Labute approximate surface area is 97.8 Å². The molecule has 1 rings (SSSR count). The SMILES string of the molecule is CCCCCC(=O)c1ccc(F)cc1Br. The van der Waals surface area contributed by atoms with Crippen molar-refractivity contribution in [2.75, 3.05) is 0 Å². The third kappa shape index (κ3) is 3.74. The maximum atomic E-state index is 12.8. The smallest absolute Gasteiger partial charge is 0.164 e. The molecule has 0 unspecified atom stereocenters. The topological polar surface area (TPSA) is 17.1 Å². The quantitative estimate of drug-likeness (QED) is 0.575. The van der Waals surface area contributed by atoms with Gasteiger partial charge < -0.3 is 0 Å². The van der Waals surface area contributed by atoms with Gasteiger partial charge >= 0.3 is 0 Å². The lowest BCUT2D eigenvalue weighted by Gasteiger charge is -2.03. The van der Waals surface area contributed by atoms with E-state index in [1.165, 1.54) is 18.2 Å². The van der Waals surface area contributed by atoms with Gasteiger partial charge in [-0.25, -0.2) is 4.39 Å². The third-order valence-corrected chi connectivity index (χ3v) is 2.90. The van der Waals surface area contributed by atoms with Crippen LogP contribution in [0.15, 0.2) is 22.7 Å². The van der Waals surface area contributed by atoms with E-state index in [1.807, 2.05) is 0 Å². The van der Waals surface area contributed by atoms with Crippen LogP contribution in [-0.4, -0.2) is 5.78 Å². The summed E-state index contributed by atoms with van der Waals surface area (Å²) in [6.45, 7) is 2.10. The number of halogens is 2. The fraction of sp³-hybridized carbons (Fsp3) is 0.417. The third-order valence-electron chi connectivity index (χ3n) is 2.24. The zero-order valence-electron chi connectivity index (χ0n) is 8.72. The molecular weight excluding hydrogens is 259 g/mol. The number of Topliss-reactive ketones (excluding diaryl/α,β-unsaturated/α-hetero) is 1. The largest absolute Gasteiger partial charge is 0.294 e. The Morgan fingerprint density at radius 2 is 2.13 bits per heavy atom. The van der Waals surface area contributed by atoms with Crippen molar-refractivity contribution < 1.29 is 9.18 Å². The van der Waals surface area contributed by atoms with Gasteiger partial charge in [-0.3, -0.25) is 4.79 Å². The maximum absolute atomic E-state index is 12.8. The molecule has 1 nitrogen and oxygen atoms in total. The average molecular weight is 273 g/mol. The van der Waals surface area contributed by atoms with E-state index in [9.17, 15) is 9.18 Å². The van der Waals surface area contributed by atoms with Crippen LogP contribution in [0.5, 0.6) is 0 Å². The molecule has 1 aromatic rings. The molecule has 0 fully saturated rings. The van der Waals surface area contributed by atoms with Crippen molar-refractivity contribution in [2.45, 2.75) is 32.6 Å². The lowest BCUT2D eigenvalue weighted by Crippen LogP contribution is -2.00. The molecule has 0 amide bonds. The van der Waals surface area contributed by atoms with Gasteiger partial charge in [0.05, 0.1) is 0 Å². The average Bonchev–Trinajstić information content (AvgIpc) is 2.17. The number of hydrogen-bond donors (Lipinski definition) is 0. The second kappa shape index (κ2) is 6.01. The summed E-state index contributed by atoms with van der Waals surface area (Å²) in [5.74, 6) is -0.248. The van der Waals surface area contributed by atoms with Crippen LogP contribution in [0.25, 0.3) is 0 Å². The van der Waals surface area contributed by atoms with Crippen LogP contribution in [0, 0.1) is 5.82 Å². The Morgan fingerprint density at radius 1 is 1.40 bits per heavy atom. The van der Waals surface area contributed by atoms with Crippen LogP contribution in [0.1, 0.15) is 43.0 Å². The first-order valence-corrected chi connectivity index (χ1v) is 5.92. The Bertz CT molecular complexity index is 349. The molecule has 82 valence electrons. The Morgan fingerprint density at radius 3 is 2.73 bits per heavy atom. The van der Waals surface area contributed by atoms with Crippen LogP contribution in [0.3, 0.4) is 0 Å². The Hall–Kier alpha value is -0.700. The first-order valence-electron chi connectivity index (χ1n) is 5.13. The molecule has 15 heavy (non-hydrogen) atoms. The normalized spacial score (nSPS) is 10.3. The molecule has 0 N–H and O–H groups in total. The summed E-state index contributed by atoms with van der Waals surface area (Å²) in [7, 11) is 0. The summed E-state index contributed by atoms with van der Waals surface area (Å²) < 4.78 is 13.3. The summed E-state index contributed by atoms with van der Waals surface area (Å²) in [6, 6.07) is 4.18. The molecule has 3 heteroatoms. The zero-order valence-corrected chi connectivity index (χ0v) is 10.3. The fourth-order valence-electron chi connectivity index (χ4n) is 1.39. The highest BCUT2D eigenvalue weighted by atomic mass is 79.9. The van der Waals surface area contributed by atoms with Crippen molar-refractivity contribution in [2.24, 2.45) is 0 Å². The van der Waals surface area contributed by atoms with Crippen LogP contribution < -0.4 is 0 Å². The van der Waals surface area contributed by atoms with Crippen molar-refractivity contribution in [1.29, 1.82) is 0 Å².